The number of nitrogens with zero attached hydrogens (tertiary/aromatic N) is 2. The number of benzene rings is 2. The summed E-state index contributed by atoms with van der Waals surface area (Å²) in [5, 5.41) is 1.12. The Balaban J connectivity index is 1.48. The quantitative estimate of drug-likeness (QED) is 0.460. The van der Waals surface area contributed by atoms with Crippen molar-refractivity contribution in [3.63, 3.8) is 0 Å². The molecule has 27 heavy (non-hydrogen) atoms. The topological polar surface area (TPSA) is 70.4 Å². The van der Waals surface area contributed by atoms with Crippen LogP contribution in [0.15, 0.2) is 53.6 Å². The van der Waals surface area contributed by atoms with Crippen LogP contribution in [-0.2, 0) is 16.1 Å². The summed E-state index contributed by atoms with van der Waals surface area (Å²) in [5.41, 5.74) is 1.45. The van der Waals surface area contributed by atoms with Crippen molar-refractivity contribution < 1.29 is 14.3 Å². The molecule has 1 heterocycles. The van der Waals surface area contributed by atoms with Crippen LogP contribution in [0.1, 0.15) is 12.0 Å². The zero-order valence-corrected chi connectivity index (χ0v) is 15.6. The summed E-state index contributed by atoms with van der Waals surface area (Å²) < 4.78 is 12.0. The average Bonchev–Trinajstić information content (AvgIpc) is 2.65. The van der Waals surface area contributed by atoms with E-state index >= 15 is 0 Å². The predicted octanol–water partition coefficient (Wildman–Crippen LogP) is 3.37. The fourth-order valence-corrected chi connectivity index (χ4v) is 2.83. The van der Waals surface area contributed by atoms with Crippen LogP contribution in [0.4, 0.5) is 0 Å². The molecule has 0 unspecified atom stereocenters. The van der Waals surface area contributed by atoms with Crippen LogP contribution in [0.3, 0.4) is 0 Å². The van der Waals surface area contributed by atoms with Crippen LogP contribution < -0.4 is 10.3 Å². The third-order valence-electron chi connectivity index (χ3n) is 4.02. The minimum atomic E-state index is -0.402. The van der Waals surface area contributed by atoms with Gasteiger partial charge in [0.1, 0.15) is 19.0 Å². The molecule has 1 aromatic heterocycles. The molecule has 0 aliphatic heterocycles. The average molecular weight is 387 g/mol. The number of carbonyl (C=O) groups excluding carboxylic acids is 1. The Hall–Kier alpha value is -2.86. The first-order valence-corrected chi connectivity index (χ1v) is 8.91. The van der Waals surface area contributed by atoms with E-state index in [1.54, 1.807) is 30.3 Å². The molecule has 3 aromatic rings. The summed E-state index contributed by atoms with van der Waals surface area (Å²) in [6, 6.07) is 12.4. The Bertz CT molecular complexity index is 1020. The van der Waals surface area contributed by atoms with Gasteiger partial charge >= 0.3 is 5.97 Å². The molecule has 0 amide bonds. The van der Waals surface area contributed by atoms with Crippen molar-refractivity contribution in [1.82, 2.24) is 9.55 Å². The number of aryl methyl sites for hydroxylation is 2. The van der Waals surface area contributed by atoms with Crippen molar-refractivity contribution in [3.05, 3.63) is 69.7 Å². The lowest BCUT2D eigenvalue weighted by Gasteiger charge is -2.09. The van der Waals surface area contributed by atoms with Gasteiger partial charge in [-0.1, -0.05) is 29.8 Å². The number of fused-ring (bicyclic) bond motifs is 1. The molecule has 2 aromatic carbocycles. The Morgan fingerprint density at radius 2 is 2.00 bits per heavy atom. The number of hydrogen-bond donors (Lipinski definition) is 0. The van der Waals surface area contributed by atoms with Gasteiger partial charge in [-0.25, -0.2) is 4.98 Å². The Morgan fingerprint density at radius 3 is 2.81 bits per heavy atom. The van der Waals surface area contributed by atoms with Gasteiger partial charge in [0, 0.05) is 11.6 Å². The second-order valence-corrected chi connectivity index (χ2v) is 6.43. The summed E-state index contributed by atoms with van der Waals surface area (Å²) in [5.74, 6) is 0.212. The van der Waals surface area contributed by atoms with Crippen LogP contribution in [0.5, 0.6) is 5.75 Å². The Labute approximate surface area is 161 Å². The van der Waals surface area contributed by atoms with Crippen molar-refractivity contribution in [2.45, 2.75) is 19.9 Å². The number of aromatic nitrogens is 2. The zero-order valence-electron chi connectivity index (χ0n) is 14.9. The van der Waals surface area contributed by atoms with Gasteiger partial charge in [-0.3, -0.25) is 14.2 Å². The smallest absolute Gasteiger partial charge is 0.307 e. The SMILES string of the molecule is Cc1cccc2c(=O)n(CCC(=O)OCCOc3cccc(Cl)c3)cnc12. The molecule has 0 fully saturated rings. The summed E-state index contributed by atoms with van der Waals surface area (Å²) in [4.78, 5) is 28.7. The molecule has 0 aliphatic rings. The van der Waals surface area contributed by atoms with Gasteiger partial charge < -0.3 is 9.47 Å². The molecular weight excluding hydrogens is 368 g/mol. The predicted molar refractivity (Wildman–Crippen MR) is 103 cm³/mol. The van der Waals surface area contributed by atoms with E-state index in [1.807, 2.05) is 19.1 Å². The van der Waals surface area contributed by atoms with Gasteiger partial charge in [0.15, 0.2) is 0 Å². The number of halogens is 1. The highest BCUT2D eigenvalue weighted by Gasteiger charge is 2.08. The maximum absolute atomic E-state index is 12.5. The normalized spacial score (nSPS) is 10.7. The van der Waals surface area contributed by atoms with Gasteiger partial charge in [0.05, 0.1) is 23.7 Å². The number of rotatable bonds is 7. The monoisotopic (exact) mass is 386 g/mol. The lowest BCUT2D eigenvalue weighted by molar-refractivity contribution is -0.144. The van der Waals surface area contributed by atoms with Crippen LogP contribution >= 0.6 is 11.6 Å². The molecule has 0 bridgehead atoms. The van der Waals surface area contributed by atoms with Gasteiger partial charge in [0.25, 0.3) is 5.56 Å². The maximum atomic E-state index is 12.5. The fourth-order valence-electron chi connectivity index (χ4n) is 2.65. The molecule has 3 rings (SSSR count). The number of esters is 1. The molecular formula is C20H19ClN2O4. The lowest BCUT2D eigenvalue weighted by atomic mass is 10.1. The molecule has 0 saturated heterocycles. The van der Waals surface area contributed by atoms with E-state index in [2.05, 4.69) is 4.98 Å². The van der Waals surface area contributed by atoms with Gasteiger partial charge in [0.2, 0.25) is 0 Å². The molecule has 6 nitrogen and oxygen atoms in total. The zero-order chi connectivity index (χ0) is 19.2. The van der Waals surface area contributed by atoms with E-state index in [0.717, 1.165) is 5.56 Å². The first kappa shape index (κ1) is 18.9. The van der Waals surface area contributed by atoms with Gasteiger partial charge in [-0.15, -0.1) is 0 Å². The molecule has 0 N–H and O–H groups in total. The maximum Gasteiger partial charge on any atom is 0.307 e. The van der Waals surface area contributed by atoms with Crippen molar-refractivity contribution in [2.75, 3.05) is 13.2 Å². The van der Waals surface area contributed by atoms with Crippen molar-refractivity contribution in [3.8, 4) is 5.75 Å². The van der Waals surface area contributed by atoms with Gasteiger partial charge in [-0.2, -0.15) is 0 Å². The second kappa shape index (κ2) is 8.68. The van der Waals surface area contributed by atoms with E-state index in [9.17, 15) is 9.59 Å². The van der Waals surface area contributed by atoms with Gasteiger partial charge in [-0.05, 0) is 36.8 Å². The second-order valence-electron chi connectivity index (χ2n) is 5.99. The van der Waals surface area contributed by atoms with Crippen molar-refractivity contribution >= 4 is 28.5 Å². The first-order valence-electron chi connectivity index (χ1n) is 8.53. The third kappa shape index (κ3) is 4.86. The number of para-hydroxylation sites is 1. The highest BCUT2D eigenvalue weighted by atomic mass is 35.5. The fraction of sp³-hybridized carbons (Fsp3) is 0.250. The highest BCUT2D eigenvalue weighted by Crippen LogP contribution is 2.16. The molecule has 7 heteroatoms. The standard InChI is InChI=1S/C20H19ClN2O4/c1-14-4-2-7-17-19(14)22-13-23(20(17)25)9-8-18(24)27-11-10-26-16-6-3-5-15(21)12-16/h2-7,12-13H,8-11H2,1H3. The van der Waals surface area contributed by atoms with E-state index in [4.69, 9.17) is 21.1 Å². The molecule has 140 valence electrons. The minimum absolute atomic E-state index is 0.0794. The van der Waals surface area contributed by atoms with Crippen LogP contribution in [0.2, 0.25) is 5.02 Å². The van der Waals surface area contributed by atoms with E-state index in [0.29, 0.717) is 21.7 Å². The van der Waals surface area contributed by atoms with Crippen molar-refractivity contribution in [1.29, 1.82) is 0 Å². The molecule has 0 saturated carbocycles. The summed E-state index contributed by atoms with van der Waals surface area (Å²) in [6.07, 6.45) is 1.54. The van der Waals surface area contributed by atoms with E-state index < -0.39 is 5.97 Å². The lowest BCUT2D eigenvalue weighted by Crippen LogP contribution is -2.23. The Kier molecular flexibility index (Phi) is 6.08. The third-order valence-corrected chi connectivity index (χ3v) is 4.26. The molecule has 0 spiro atoms. The minimum Gasteiger partial charge on any atom is -0.490 e. The first-order chi connectivity index (χ1) is 13.0. The van der Waals surface area contributed by atoms with E-state index in [1.165, 1.54) is 10.9 Å². The van der Waals surface area contributed by atoms with E-state index in [-0.39, 0.29) is 31.7 Å². The summed E-state index contributed by atoms with van der Waals surface area (Å²) >= 11 is 5.87. The number of hydrogen-bond acceptors (Lipinski definition) is 5. The number of carbonyl (C=O) groups is 1. The summed E-state index contributed by atoms with van der Waals surface area (Å²) in [6.45, 7) is 2.46. The van der Waals surface area contributed by atoms with Crippen LogP contribution in [-0.4, -0.2) is 28.7 Å². The molecule has 0 aliphatic carbocycles. The molecule has 0 atom stereocenters. The summed E-state index contributed by atoms with van der Waals surface area (Å²) in [7, 11) is 0. The molecule has 0 radical (unpaired) electrons. The van der Waals surface area contributed by atoms with Crippen LogP contribution in [0.25, 0.3) is 10.9 Å². The van der Waals surface area contributed by atoms with Crippen molar-refractivity contribution in [2.24, 2.45) is 0 Å². The van der Waals surface area contributed by atoms with Crippen LogP contribution in [0, 0.1) is 6.92 Å². The largest absolute Gasteiger partial charge is 0.490 e. The highest BCUT2D eigenvalue weighted by molar-refractivity contribution is 6.30. The number of ether oxygens (including phenoxy) is 2. The Morgan fingerprint density at radius 1 is 1.19 bits per heavy atom.